The fourth-order valence-corrected chi connectivity index (χ4v) is 3.77. The minimum absolute atomic E-state index is 0.0806. The van der Waals surface area contributed by atoms with E-state index in [0.29, 0.717) is 50.2 Å². The van der Waals surface area contributed by atoms with Crippen molar-refractivity contribution < 1.29 is 26.9 Å². The Labute approximate surface area is 194 Å². The Bertz CT molecular complexity index is 1060. The highest BCUT2D eigenvalue weighted by Gasteiger charge is 2.34. The van der Waals surface area contributed by atoms with Gasteiger partial charge in [0, 0.05) is 31.7 Å². The molecule has 34 heavy (non-hydrogen) atoms. The Morgan fingerprint density at radius 1 is 1.09 bits per heavy atom. The van der Waals surface area contributed by atoms with Gasteiger partial charge in [-0.3, -0.25) is 14.6 Å². The fourth-order valence-electron chi connectivity index (χ4n) is 3.77. The van der Waals surface area contributed by atoms with Crippen LogP contribution in [0, 0.1) is 6.92 Å². The second-order valence-electron chi connectivity index (χ2n) is 8.37. The molecule has 0 bridgehead atoms. The normalized spacial score (nSPS) is 15.5. The number of hydrogen-bond acceptors (Lipinski definition) is 7. The number of aryl methyl sites for hydroxylation is 1. The van der Waals surface area contributed by atoms with E-state index in [0.717, 1.165) is 16.0 Å². The van der Waals surface area contributed by atoms with Crippen LogP contribution >= 0.6 is 0 Å². The van der Waals surface area contributed by atoms with Gasteiger partial charge in [0.25, 0.3) is 0 Å². The van der Waals surface area contributed by atoms with E-state index in [1.54, 1.807) is 12.1 Å². The molecule has 0 spiro atoms. The lowest BCUT2D eigenvalue weighted by atomic mass is 10.1. The molecule has 0 aliphatic carbocycles. The van der Waals surface area contributed by atoms with Crippen molar-refractivity contribution in [2.24, 2.45) is 0 Å². The first-order valence-electron chi connectivity index (χ1n) is 11.0. The maximum Gasteiger partial charge on any atom is 0.406 e. The van der Waals surface area contributed by atoms with Gasteiger partial charge >= 0.3 is 6.18 Å². The predicted molar refractivity (Wildman–Crippen MR) is 116 cm³/mol. The number of carbonyl (C=O) groups is 1. The Balaban J connectivity index is 1.27. The van der Waals surface area contributed by atoms with Gasteiger partial charge in [-0.05, 0) is 19.1 Å². The van der Waals surface area contributed by atoms with Crippen LogP contribution in [0.4, 0.5) is 13.2 Å². The second kappa shape index (κ2) is 10.4. The van der Waals surface area contributed by atoms with E-state index in [2.05, 4.69) is 15.0 Å². The van der Waals surface area contributed by atoms with Gasteiger partial charge in [-0.2, -0.15) is 18.2 Å². The van der Waals surface area contributed by atoms with Gasteiger partial charge in [0.05, 0.1) is 25.9 Å². The molecule has 1 aliphatic rings. The van der Waals surface area contributed by atoms with Gasteiger partial charge in [0.15, 0.2) is 0 Å². The van der Waals surface area contributed by atoms with E-state index in [1.165, 1.54) is 6.26 Å². The summed E-state index contributed by atoms with van der Waals surface area (Å²) >= 11 is 0. The summed E-state index contributed by atoms with van der Waals surface area (Å²) in [5.41, 5.74) is 2.02. The number of hydrogen-bond donors (Lipinski definition) is 0. The monoisotopic (exact) mass is 477 g/mol. The summed E-state index contributed by atoms with van der Waals surface area (Å²) < 4.78 is 49.5. The van der Waals surface area contributed by atoms with Crippen LogP contribution in [0.2, 0.25) is 0 Å². The lowest BCUT2D eigenvalue weighted by Gasteiger charge is -2.34. The van der Waals surface area contributed by atoms with Crippen LogP contribution < -0.4 is 0 Å². The Morgan fingerprint density at radius 3 is 2.44 bits per heavy atom. The fraction of sp³-hybridized carbons (Fsp3) is 0.435. The van der Waals surface area contributed by atoms with Crippen LogP contribution in [0.3, 0.4) is 0 Å². The summed E-state index contributed by atoms with van der Waals surface area (Å²) in [4.78, 5) is 21.9. The summed E-state index contributed by atoms with van der Waals surface area (Å²) in [5, 5.41) is 4.04. The van der Waals surface area contributed by atoms with Crippen LogP contribution in [0.15, 0.2) is 51.6 Å². The molecule has 0 unspecified atom stereocenters. The van der Waals surface area contributed by atoms with Gasteiger partial charge in [-0.25, -0.2) is 0 Å². The molecule has 0 atom stereocenters. The molecule has 182 valence electrons. The molecule has 2 aromatic heterocycles. The summed E-state index contributed by atoms with van der Waals surface area (Å²) in [6, 6.07) is 11.0. The molecule has 4 rings (SSSR count). The summed E-state index contributed by atoms with van der Waals surface area (Å²) in [6.07, 6.45) is -3.11. The highest BCUT2D eigenvalue weighted by molar-refractivity contribution is 5.78. The second-order valence-corrected chi connectivity index (χ2v) is 8.37. The molecule has 1 saturated heterocycles. The molecule has 1 amide bonds. The maximum atomic E-state index is 13.0. The molecule has 11 heteroatoms. The zero-order valence-corrected chi connectivity index (χ0v) is 18.8. The number of rotatable bonds is 8. The third kappa shape index (κ3) is 6.67. The molecule has 1 aromatic carbocycles. The van der Waals surface area contributed by atoms with Crippen molar-refractivity contribution in [3.8, 4) is 11.4 Å². The topological polar surface area (TPSA) is 78.9 Å². The van der Waals surface area contributed by atoms with Crippen LogP contribution in [-0.2, 0) is 17.9 Å². The molecule has 0 N–H and O–H groups in total. The minimum Gasteiger partial charge on any atom is -0.467 e. The number of furan rings is 1. The first kappa shape index (κ1) is 24.0. The molecule has 8 nitrogen and oxygen atoms in total. The maximum absolute atomic E-state index is 13.0. The zero-order chi connectivity index (χ0) is 24.1. The lowest BCUT2D eigenvalue weighted by molar-refractivity contribution is -0.163. The molecule has 3 heterocycles. The smallest absolute Gasteiger partial charge is 0.406 e. The largest absolute Gasteiger partial charge is 0.467 e. The number of carbonyl (C=O) groups excluding carboxylic acids is 1. The summed E-state index contributed by atoms with van der Waals surface area (Å²) in [5.74, 6) is 0.754. The van der Waals surface area contributed by atoms with Gasteiger partial charge < -0.3 is 13.8 Å². The molecule has 0 saturated carbocycles. The number of benzene rings is 1. The van der Waals surface area contributed by atoms with Crippen molar-refractivity contribution in [2.75, 3.05) is 39.3 Å². The Kier molecular flexibility index (Phi) is 7.32. The van der Waals surface area contributed by atoms with Crippen molar-refractivity contribution in [1.82, 2.24) is 24.8 Å². The third-order valence-corrected chi connectivity index (χ3v) is 5.61. The number of nitrogens with zero attached hydrogens (tertiary/aromatic N) is 5. The molecule has 1 fully saturated rings. The van der Waals surface area contributed by atoms with Crippen LogP contribution in [0.5, 0.6) is 0 Å². The van der Waals surface area contributed by atoms with E-state index in [4.69, 9.17) is 8.94 Å². The minimum atomic E-state index is -4.48. The summed E-state index contributed by atoms with van der Waals surface area (Å²) in [6.45, 7) is 3.23. The van der Waals surface area contributed by atoms with E-state index in [9.17, 15) is 18.0 Å². The lowest BCUT2D eigenvalue weighted by Crippen LogP contribution is -2.50. The van der Waals surface area contributed by atoms with Gasteiger partial charge in [-0.15, -0.1) is 0 Å². The van der Waals surface area contributed by atoms with Gasteiger partial charge in [0.2, 0.25) is 17.6 Å². The zero-order valence-electron chi connectivity index (χ0n) is 18.8. The SMILES string of the molecule is Cc1ccc(-c2noc(CN3CCN(CC(=O)N(Cc4ccco4)CC(F)(F)F)CC3)n2)cc1. The number of amides is 1. The third-order valence-electron chi connectivity index (χ3n) is 5.61. The van der Waals surface area contributed by atoms with Crippen molar-refractivity contribution in [2.45, 2.75) is 26.2 Å². The van der Waals surface area contributed by atoms with E-state index >= 15 is 0 Å². The van der Waals surface area contributed by atoms with Crippen molar-refractivity contribution in [3.63, 3.8) is 0 Å². The summed E-state index contributed by atoms with van der Waals surface area (Å²) in [7, 11) is 0. The number of alkyl halides is 3. The highest BCUT2D eigenvalue weighted by Crippen LogP contribution is 2.20. The van der Waals surface area contributed by atoms with Crippen LogP contribution in [0.25, 0.3) is 11.4 Å². The number of piperazine rings is 1. The highest BCUT2D eigenvalue weighted by atomic mass is 19.4. The quantitative estimate of drug-likeness (QED) is 0.492. The first-order chi connectivity index (χ1) is 16.2. The molecule has 0 radical (unpaired) electrons. The van der Waals surface area contributed by atoms with Crippen LogP contribution in [-0.4, -0.2) is 76.2 Å². The Hall–Kier alpha value is -3.18. The number of aromatic nitrogens is 2. The van der Waals surface area contributed by atoms with Gasteiger partial charge in [-0.1, -0.05) is 35.0 Å². The average molecular weight is 477 g/mol. The van der Waals surface area contributed by atoms with Crippen molar-refractivity contribution in [1.29, 1.82) is 0 Å². The molecule has 1 aliphatic heterocycles. The van der Waals surface area contributed by atoms with E-state index < -0.39 is 18.6 Å². The van der Waals surface area contributed by atoms with Crippen LogP contribution in [0.1, 0.15) is 17.2 Å². The molecular formula is C23H26F3N5O3. The van der Waals surface area contributed by atoms with Crippen molar-refractivity contribution >= 4 is 5.91 Å². The molecule has 3 aromatic rings. The molecular weight excluding hydrogens is 451 g/mol. The number of halogens is 3. The van der Waals surface area contributed by atoms with E-state index in [1.807, 2.05) is 36.1 Å². The Morgan fingerprint density at radius 2 is 1.79 bits per heavy atom. The first-order valence-corrected chi connectivity index (χ1v) is 11.0. The standard InChI is InChI=1S/C23H26F3N5O3/c1-17-4-6-18(7-5-17)22-27-20(34-28-22)14-29-8-10-30(11-9-29)15-21(32)31(16-23(24,25)26)13-19-3-2-12-33-19/h2-7,12H,8-11,13-16H2,1H3. The average Bonchev–Trinajstić information content (AvgIpc) is 3.47. The van der Waals surface area contributed by atoms with Gasteiger partial charge in [0.1, 0.15) is 12.3 Å². The van der Waals surface area contributed by atoms with Crippen molar-refractivity contribution in [3.05, 3.63) is 59.9 Å². The van der Waals surface area contributed by atoms with E-state index in [-0.39, 0.29) is 13.1 Å². The predicted octanol–water partition coefficient (Wildman–Crippen LogP) is 3.35.